The number of aliphatic hydroxyl groups is 2. The molecule has 16 heteroatoms. The molecule has 33 heavy (non-hydrogen) atoms. The van der Waals surface area contributed by atoms with E-state index in [0.717, 1.165) is 19.4 Å². The summed E-state index contributed by atoms with van der Waals surface area (Å²) in [5.41, 5.74) is 14.7. The summed E-state index contributed by atoms with van der Waals surface area (Å²) in [4.78, 5) is 49.5. The van der Waals surface area contributed by atoms with E-state index in [0.29, 0.717) is 0 Å². The van der Waals surface area contributed by atoms with Crippen molar-refractivity contribution in [3.63, 3.8) is 0 Å². The van der Waals surface area contributed by atoms with Crippen LogP contribution in [0.2, 0.25) is 0 Å². The molecule has 0 aromatic carbocycles. The highest BCUT2D eigenvalue weighted by atomic mass is 16.4. The molecule has 0 aromatic heterocycles. The van der Waals surface area contributed by atoms with Crippen LogP contribution in [0.25, 0.3) is 0 Å². The molecule has 194 valence electrons. The Labute approximate surface area is 189 Å². The van der Waals surface area contributed by atoms with Crippen LogP contribution in [0.15, 0.2) is 0 Å². The standard InChI is InChI=1S/C5H9NO4.C5H9NO2.C4H9NO3.C3H7NO3/c6-3(5(9)10)1-2-4(7)8;7-5(8)4-2-1-3-6-4;1-2(6)3(5)4(7)8;4-2(1-5)3(6)7/h3H,1-2,6H2,(H,7,8)(H,9,10);4,6H,1-3H2,(H,7,8);2-3,6H,5H2,1H3,(H,7,8);2,5H,1,4H2,(H,6,7)/t3-;4-;2-,3+;2-/m0010/s1. The van der Waals surface area contributed by atoms with Gasteiger partial charge >= 0.3 is 29.8 Å². The average Bonchev–Trinajstić information content (AvgIpc) is 3.27. The van der Waals surface area contributed by atoms with Gasteiger partial charge in [-0.3, -0.25) is 24.0 Å². The van der Waals surface area contributed by atoms with Crippen LogP contribution in [0.1, 0.15) is 32.6 Å². The summed E-state index contributed by atoms with van der Waals surface area (Å²) >= 11 is 0. The summed E-state index contributed by atoms with van der Waals surface area (Å²) in [5, 5.41) is 59.9. The SMILES string of the molecule is C[C@@H](O)[C@H](N)C(=O)O.N[C@@H](CCC(=O)O)C(=O)O.N[C@@H](CO)C(=O)O.O=C(O)[C@@H]1CCCN1. The molecule has 16 nitrogen and oxygen atoms in total. The van der Waals surface area contributed by atoms with Gasteiger partial charge in [0.15, 0.2) is 0 Å². The lowest BCUT2D eigenvalue weighted by atomic mass is 10.2. The molecule has 5 atom stereocenters. The van der Waals surface area contributed by atoms with Crippen LogP contribution in [-0.2, 0) is 24.0 Å². The van der Waals surface area contributed by atoms with Crippen LogP contribution in [0, 0.1) is 0 Å². The first-order valence-electron chi connectivity index (χ1n) is 9.50. The van der Waals surface area contributed by atoms with Gasteiger partial charge < -0.3 is 58.3 Å². The van der Waals surface area contributed by atoms with Gasteiger partial charge in [0, 0.05) is 6.42 Å². The first kappa shape index (κ1) is 34.7. The van der Waals surface area contributed by atoms with Crippen LogP contribution in [0.4, 0.5) is 0 Å². The average molecular weight is 486 g/mol. The van der Waals surface area contributed by atoms with E-state index in [9.17, 15) is 24.0 Å². The molecule has 0 aliphatic carbocycles. The fourth-order valence-corrected chi connectivity index (χ4v) is 1.58. The van der Waals surface area contributed by atoms with Gasteiger partial charge in [0.05, 0.1) is 12.7 Å². The molecule has 14 N–H and O–H groups in total. The van der Waals surface area contributed by atoms with Crippen molar-refractivity contribution in [3.05, 3.63) is 0 Å². The predicted molar refractivity (Wildman–Crippen MR) is 111 cm³/mol. The molecule has 0 saturated carbocycles. The lowest BCUT2D eigenvalue weighted by Crippen LogP contribution is -2.39. The van der Waals surface area contributed by atoms with Crippen molar-refractivity contribution < 1.29 is 59.7 Å². The normalized spacial score (nSPS) is 17.7. The number of aliphatic carboxylic acids is 5. The summed E-state index contributed by atoms with van der Waals surface area (Å²) in [6.07, 6.45) is 0.581. The Morgan fingerprint density at radius 1 is 0.909 bits per heavy atom. The van der Waals surface area contributed by atoms with Gasteiger partial charge in [0.25, 0.3) is 0 Å². The van der Waals surface area contributed by atoms with Crippen LogP contribution >= 0.6 is 0 Å². The molecule has 0 bridgehead atoms. The Bertz CT molecular complexity index is 599. The van der Waals surface area contributed by atoms with Crippen molar-refractivity contribution in [3.8, 4) is 0 Å². The first-order chi connectivity index (χ1) is 15.1. The van der Waals surface area contributed by atoms with Crippen LogP contribution < -0.4 is 22.5 Å². The Hall–Kier alpha value is -2.89. The number of carbonyl (C=O) groups is 5. The third-order valence-electron chi connectivity index (χ3n) is 3.66. The van der Waals surface area contributed by atoms with Crippen LogP contribution in [0.5, 0.6) is 0 Å². The van der Waals surface area contributed by atoms with E-state index < -0.39 is 60.7 Å². The second kappa shape index (κ2) is 19.8. The van der Waals surface area contributed by atoms with E-state index in [1.54, 1.807) is 0 Å². The lowest BCUT2D eigenvalue weighted by molar-refractivity contribution is -0.141. The van der Waals surface area contributed by atoms with Crippen molar-refractivity contribution in [1.82, 2.24) is 5.32 Å². The number of aliphatic hydroxyl groups excluding tert-OH is 2. The zero-order chi connectivity index (χ0) is 26.7. The summed E-state index contributed by atoms with van der Waals surface area (Å²) in [6.45, 7) is 1.69. The number of carboxylic acids is 5. The Morgan fingerprint density at radius 2 is 1.39 bits per heavy atom. The van der Waals surface area contributed by atoms with Gasteiger partial charge in [0.2, 0.25) is 0 Å². The highest BCUT2D eigenvalue weighted by Crippen LogP contribution is 2.03. The molecule has 1 rings (SSSR count). The molecular weight excluding hydrogens is 452 g/mol. The third-order valence-corrected chi connectivity index (χ3v) is 3.66. The molecule has 1 heterocycles. The second-order valence-electron chi connectivity index (χ2n) is 6.60. The number of carboxylic acid groups (broad SMARTS) is 5. The van der Waals surface area contributed by atoms with Gasteiger partial charge in [-0.15, -0.1) is 0 Å². The predicted octanol–water partition coefficient (Wildman–Crippen LogP) is -3.74. The van der Waals surface area contributed by atoms with E-state index in [1.807, 2.05) is 0 Å². The van der Waals surface area contributed by atoms with Gasteiger partial charge in [-0.2, -0.15) is 0 Å². The van der Waals surface area contributed by atoms with Gasteiger partial charge in [-0.1, -0.05) is 0 Å². The molecular formula is C17H34N4O12. The quantitative estimate of drug-likeness (QED) is 0.149. The largest absolute Gasteiger partial charge is 0.481 e. The van der Waals surface area contributed by atoms with Crippen LogP contribution in [0.3, 0.4) is 0 Å². The molecule has 1 fully saturated rings. The molecule has 0 spiro atoms. The van der Waals surface area contributed by atoms with Crippen molar-refractivity contribution in [2.75, 3.05) is 13.2 Å². The number of nitrogens with one attached hydrogen (secondary N) is 1. The molecule has 0 aromatic rings. The minimum atomic E-state index is -1.18. The molecule has 1 saturated heterocycles. The number of rotatable bonds is 9. The fourth-order valence-electron chi connectivity index (χ4n) is 1.58. The highest BCUT2D eigenvalue weighted by Gasteiger charge is 2.20. The summed E-state index contributed by atoms with van der Waals surface area (Å²) in [7, 11) is 0. The monoisotopic (exact) mass is 486 g/mol. The molecule has 0 unspecified atom stereocenters. The van der Waals surface area contributed by atoms with Crippen molar-refractivity contribution in [2.24, 2.45) is 17.2 Å². The number of nitrogens with two attached hydrogens (primary N) is 3. The fraction of sp³-hybridized carbons (Fsp3) is 0.706. The Balaban J connectivity index is -0.000000367. The second-order valence-corrected chi connectivity index (χ2v) is 6.60. The van der Waals surface area contributed by atoms with Gasteiger partial charge in [-0.25, -0.2) is 0 Å². The Kier molecular flexibility index (Phi) is 20.8. The summed E-state index contributed by atoms with van der Waals surface area (Å²) in [5.74, 6) is -5.28. The first-order valence-corrected chi connectivity index (χ1v) is 9.50. The highest BCUT2D eigenvalue weighted by molar-refractivity contribution is 5.75. The zero-order valence-corrected chi connectivity index (χ0v) is 18.0. The summed E-state index contributed by atoms with van der Waals surface area (Å²) in [6, 6.07) is -3.61. The van der Waals surface area contributed by atoms with E-state index in [-0.39, 0.29) is 18.9 Å². The molecule has 0 amide bonds. The van der Waals surface area contributed by atoms with Gasteiger partial charge in [-0.05, 0) is 32.7 Å². The molecule has 1 aliphatic heterocycles. The Morgan fingerprint density at radius 3 is 1.55 bits per heavy atom. The smallest absolute Gasteiger partial charge is 0.323 e. The maximum absolute atomic E-state index is 10.1. The van der Waals surface area contributed by atoms with Crippen LogP contribution in [-0.4, -0.2) is 109 Å². The van der Waals surface area contributed by atoms with E-state index in [2.05, 4.69) is 5.32 Å². The minimum Gasteiger partial charge on any atom is -0.481 e. The third kappa shape index (κ3) is 22.1. The lowest BCUT2D eigenvalue weighted by Gasteiger charge is -2.06. The maximum atomic E-state index is 10.1. The number of hydrogen-bond donors (Lipinski definition) is 11. The van der Waals surface area contributed by atoms with E-state index in [1.165, 1.54) is 6.92 Å². The van der Waals surface area contributed by atoms with Gasteiger partial charge in [0.1, 0.15) is 24.2 Å². The molecule has 0 radical (unpaired) electrons. The molecule has 1 aliphatic rings. The van der Waals surface area contributed by atoms with E-state index >= 15 is 0 Å². The van der Waals surface area contributed by atoms with Crippen molar-refractivity contribution in [2.45, 2.75) is 62.9 Å². The zero-order valence-electron chi connectivity index (χ0n) is 18.0. The van der Waals surface area contributed by atoms with Crippen molar-refractivity contribution in [1.29, 1.82) is 0 Å². The number of hydrogen-bond acceptors (Lipinski definition) is 11. The minimum absolute atomic E-state index is 0.0231. The summed E-state index contributed by atoms with van der Waals surface area (Å²) < 4.78 is 0. The van der Waals surface area contributed by atoms with E-state index in [4.69, 9.17) is 52.9 Å². The topological polar surface area (TPSA) is 317 Å². The van der Waals surface area contributed by atoms with Crippen molar-refractivity contribution >= 4 is 29.8 Å². The maximum Gasteiger partial charge on any atom is 0.323 e.